The molecule has 0 aliphatic heterocycles. The molecule has 0 amide bonds. The molecule has 1 unspecified atom stereocenters. The van der Waals surface area contributed by atoms with Crippen molar-refractivity contribution in [3.63, 3.8) is 0 Å². The van der Waals surface area contributed by atoms with Crippen molar-refractivity contribution in [2.75, 3.05) is 13.2 Å². The van der Waals surface area contributed by atoms with E-state index in [1.165, 1.54) is 205 Å². The predicted octanol–water partition coefficient (Wildman–Crippen LogP) is 23.4. The molecule has 6 nitrogen and oxygen atoms in total. The number of carbonyl (C=O) groups is 3. The van der Waals surface area contributed by atoms with Gasteiger partial charge in [0.25, 0.3) is 0 Å². The number of ether oxygens (including phenoxy) is 3. The van der Waals surface area contributed by atoms with Crippen molar-refractivity contribution in [2.24, 2.45) is 0 Å². The maximum absolute atomic E-state index is 12.9. The molecule has 0 aromatic heterocycles. The standard InChI is InChI=1S/C73H128O6/c1-4-7-10-13-16-19-22-25-28-31-33-34-35-36-37-38-40-42-45-48-51-54-57-60-63-66-72(75)78-69-70(68-77-71(74)65-62-59-56-53-50-47-44-41-30-27-24-21-18-15-12-9-6-3)79-73(76)67-64-61-58-55-52-49-46-43-39-32-29-26-23-20-17-14-11-8-5-2/h17,20,22,25-27,29-31,33,35-36,39,43,70H,4-16,18-19,21,23-24,28,32,34,37-38,40-42,44-69H2,1-3H3/b20-17-,25-22-,29-26-,30-27-,33-31-,36-35-,43-39-. The topological polar surface area (TPSA) is 78.9 Å². The zero-order chi connectivity index (χ0) is 57.1. The zero-order valence-electron chi connectivity index (χ0n) is 52.4. The Morgan fingerprint density at radius 2 is 0.456 bits per heavy atom. The van der Waals surface area contributed by atoms with E-state index in [-0.39, 0.29) is 31.1 Å². The zero-order valence-corrected chi connectivity index (χ0v) is 52.4. The summed E-state index contributed by atoms with van der Waals surface area (Å²) in [6.45, 7) is 6.62. The Kier molecular flexibility index (Phi) is 64.2. The van der Waals surface area contributed by atoms with Gasteiger partial charge in [-0.1, -0.05) is 286 Å². The second-order valence-electron chi connectivity index (χ2n) is 22.7. The average Bonchev–Trinajstić information content (AvgIpc) is 3.45. The highest BCUT2D eigenvalue weighted by Gasteiger charge is 2.19. The SMILES string of the molecule is CCCCC/C=C\C/C=C\C/C=C\CCCCCCCCC(=O)OC(COC(=O)CCCCCCCCC/C=C\CCCCCCCC)COC(=O)CCCCCCCCCCCC/C=C\C/C=C\C/C=C\CCCCCCC. The Morgan fingerprint density at radius 3 is 0.747 bits per heavy atom. The lowest BCUT2D eigenvalue weighted by molar-refractivity contribution is -0.167. The molecule has 0 spiro atoms. The maximum atomic E-state index is 12.9. The summed E-state index contributed by atoms with van der Waals surface area (Å²) in [7, 11) is 0. The number of unbranched alkanes of at least 4 members (excludes halogenated alkanes) is 37. The van der Waals surface area contributed by atoms with Gasteiger partial charge in [0.2, 0.25) is 0 Å². The lowest BCUT2D eigenvalue weighted by atomic mass is 10.1. The molecule has 456 valence electrons. The third-order valence-corrected chi connectivity index (χ3v) is 14.8. The number of rotatable bonds is 62. The van der Waals surface area contributed by atoms with Crippen LogP contribution in [0.2, 0.25) is 0 Å². The summed E-state index contributed by atoms with van der Waals surface area (Å²) >= 11 is 0. The van der Waals surface area contributed by atoms with E-state index in [1.807, 2.05) is 0 Å². The molecular formula is C73H128O6. The van der Waals surface area contributed by atoms with Crippen molar-refractivity contribution in [2.45, 2.75) is 348 Å². The van der Waals surface area contributed by atoms with Gasteiger partial charge in [-0.25, -0.2) is 0 Å². The summed E-state index contributed by atoms with van der Waals surface area (Å²) in [6.07, 6.45) is 88.7. The molecule has 0 fully saturated rings. The van der Waals surface area contributed by atoms with Crippen LogP contribution in [0.3, 0.4) is 0 Å². The van der Waals surface area contributed by atoms with Gasteiger partial charge in [0, 0.05) is 19.3 Å². The van der Waals surface area contributed by atoms with E-state index in [2.05, 4.69) is 106 Å². The van der Waals surface area contributed by atoms with Crippen molar-refractivity contribution in [1.29, 1.82) is 0 Å². The Bertz CT molecular complexity index is 1500. The lowest BCUT2D eigenvalue weighted by Gasteiger charge is -2.18. The number of allylic oxidation sites excluding steroid dienone is 14. The molecule has 6 heteroatoms. The minimum atomic E-state index is -0.789. The fourth-order valence-corrected chi connectivity index (χ4v) is 9.69. The van der Waals surface area contributed by atoms with Gasteiger partial charge in [0.05, 0.1) is 0 Å². The van der Waals surface area contributed by atoms with E-state index in [0.717, 1.165) is 96.3 Å². The molecule has 0 aliphatic rings. The van der Waals surface area contributed by atoms with Crippen LogP contribution in [0.1, 0.15) is 342 Å². The number of hydrogen-bond acceptors (Lipinski definition) is 6. The highest BCUT2D eigenvalue weighted by molar-refractivity contribution is 5.71. The minimum Gasteiger partial charge on any atom is -0.462 e. The van der Waals surface area contributed by atoms with Crippen LogP contribution in [0, 0.1) is 0 Å². The fraction of sp³-hybridized carbons (Fsp3) is 0.767. The van der Waals surface area contributed by atoms with E-state index in [4.69, 9.17) is 14.2 Å². The maximum Gasteiger partial charge on any atom is 0.306 e. The lowest BCUT2D eigenvalue weighted by Crippen LogP contribution is -2.30. The molecule has 0 bridgehead atoms. The monoisotopic (exact) mass is 1100 g/mol. The van der Waals surface area contributed by atoms with Crippen LogP contribution < -0.4 is 0 Å². The fourth-order valence-electron chi connectivity index (χ4n) is 9.69. The molecule has 0 aromatic rings. The van der Waals surface area contributed by atoms with Gasteiger partial charge >= 0.3 is 17.9 Å². The summed E-state index contributed by atoms with van der Waals surface area (Å²) in [4.78, 5) is 38.4. The molecule has 0 N–H and O–H groups in total. The van der Waals surface area contributed by atoms with Crippen LogP contribution in [-0.2, 0) is 28.6 Å². The number of carbonyl (C=O) groups excluding carboxylic acids is 3. The highest BCUT2D eigenvalue weighted by Crippen LogP contribution is 2.16. The third kappa shape index (κ3) is 65.3. The van der Waals surface area contributed by atoms with Gasteiger partial charge in [-0.3, -0.25) is 14.4 Å². The van der Waals surface area contributed by atoms with Crippen LogP contribution in [0.4, 0.5) is 0 Å². The first-order valence-corrected chi connectivity index (χ1v) is 34.1. The molecule has 1 atom stereocenters. The van der Waals surface area contributed by atoms with E-state index in [1.54, 1.807) is 0 Å². The molecule has 0 aromatic carbocycles. The van der Waals surface area contributed by atoms with Gasteiger partial charge in [-0.05, 0) is 122 Å². The van der Waals surface area contributed by atoms with Crippen molar-refractivity contribution in [3.05, 3.63) is 85.1 Å². The minimum absolute atomic E-state index is 0.0841. The number of esters is 3. The van der Waals surface area contributed by atoms with Gasteiger partial charge in [-0.15, -0.1) is 0 Å². The number of hydrogen-bond donors (Lipinski definition) is 0. The van der Waals surface area contributed by atoms with E-state index < -0.39 is 6.10 Å². The summed E-state index contributed by atoms with van der Waals surface area (Å²) < 4.78 is 17.0. The largest absolute Gasteiger partial charge is 0.462 e. The molecule has 0 heterocycles. The van der Waals surface area contributed by atoms with Gasteiger partial charge in [-0.2, -0.15) is 0 Å². The van der Waals surface area contributed by atoms with Crippen molar-refractivity contribution in [1.82, 2.24) is 0 Å². The predicted molar refractivity (Wildman–Crippen MR) is 344 cm³/mol. The van der Waals surface area contributed by atoms with Crippen LogP contribution in [0.15, 0.2) is 85.1 Å². The summed E-state index contributed by atoms with van der Waals surface area (Å²) in [5, 5.41) is 0. The first kappa shape index (κ1) is 75.6. The Labute approximate surface area is 490 Å². The van der Waals surface area contributed by atoms with Crippen LogP contribution in [0.5, 0.6) is 0 Å². The second-order valence-corrected chi connectivity index (χ2v) is 22.7. The molecule has 0 saturated carbocycles. The Morgan fingerprint density at radius 1 is 0.253 bits per heavy atom. The van der Waals surface area contributed by atoms with Crippen LogP contribution in [0.25, 0.3) is 0 Å². The van der Waals surface area contributed by atoms with Gasteiger partial charge in [0.15, 0.2) is 6.10 Å². The first-order valence-electron chi connectivity index (χ1n) is 34.1. The van der Waals surface area contributed by atoms with Crippen molar-refractivity contribution in [3.8, 4) is 0 Å². The second kappa shape index (κ2) is 67.1. The molecule has 0 radical (unpaired) electrons. The Hall–Kier alpha value is -3.41. The molecule has 0 saturated heterocycles. The van der Waals surface area contributed by atoms with Gasteiger partial charge < -0.3 is 14.2 Å². The quantitative estimate of drug-likeness (QED) is 0.0261. The van der Waals surface area contributed by atoms with E-state index in [0.29, 0.717) is 19.3 Å². The molecule has 79 heavy (non-hydrogen) atoms. The van der Waals surface area contributed by atoms with Crippen LogP contribution in [-0.4, -0.2) is 37.2 Å². The van der Waals surface area contributed by atoms with Crippen molar-refractivity contribution < 1.29 is 28.6 Å². The summed E-state index contributed by atoms with van der Waals surface area (Å²) in [5.41, 5.74) is 0. The summed E-state index contributed by atoms with van der Waals surface area (Å²) in [5.74, 6) is -0.890. The van der Waals surface area contributed by atoms with Crippen molar-refractivity contribution >= 4 is 17.9 Å². The Balaban J connectivity index is 4.38. The normalized spacial score (nSPS) is 12.6. The van der Waals surface area contributed by atoms with E-state index >= 15 is 0 Å². The third-order valence-electron chi connectivity index (χ3n) is 14.8. The van der Waals surface area contributed by atoms with Gasteiger partial charge in [0.1, 0.15) is 13.2 Å². The molecular weight excluding hydrogens is 973 g/mol. The van der Waals surface area contributed by atoms with Crippen LogP contribution >= 0.6 is 0 Å². The smallest absolute Gasteiger partial charge is 0.306 e. The first-order chi connectivity index (χ1) is 39.0. The van der Waals surface area contributed by atoms with E-state index in [9.17, 15) is 14.4 Å². The molecule has 0 aliphatic carbocycles. The summed E-state index contributed by atoms with van der Waals surface area (Å²) in [6, 6.07) is 0. The average molecular weight is 1100 g/mol. The highest BCUT2D eigenvalue weighted by atomic mass is 16.6. The molecule has 0 rings (SSSR count).